The number of para-hydroxylation sites is 2. The molecule has 2 radical (unpaired) electrons. The van der Waals surface area contributed by atoms with E-state index in [1.165, 1.54) is 24.3 Å². The van der Waals surface area contributed by atoms with Gasteiger partial charge in [-0.3, -0.25) is 10.1 Å². The van der Waals surface area contributed by atoms with Crippen molar-refractivity contribution in [2.45, 2.75) is 0 Å². The molecule has 0 heterocycles. The summed E-state index contributed by atoms with van der Waals surface area (Å²) in [4.78, 5) is 9.44. The first-order chi connectivity index (χ1) is 4.72. The maximum absolute atomic E-state index is 10.1. The summed E-state index contributed by atoms with van der Waals surface area (Å²) >= 11 is 0. The van der Waals surface area contributed by atoms with Crippen molar-refractivity contribution >= 4 is 5.69 Å². The number of hydrogen-bond acceptors (Lipinski definition) is 3. The molecule has 0 atom stereocenters. The first kappa shape index (κ1) is 18.8. The van der Waals surface area contributed by atoms with Gasteiger partial charge in [0.15, 0.2) is 5.75 Å². The summed E-state index contributed by atoms with van der Waals surface area (Å²) in [6, 6.07) is 5.55. The number of nitro benzene ring substituents is 1. The number of nitro groups is 1. The summed E-state index contributed by atoms with van der Waals surface area (Å²) < 4.78 is 0. The van der Waals surface area contributed by atoms with Crippen molar-refractivity contribution in [1.82, 2.24) is 0 Å². The van der Waals surface area contributed by atoms with Gasteiger partial charge >= 0.3 is 5.69 Å². The normalized spacial score (nSPS) is 7.08. The van der Waals surface area contributed by atoms with Crippen LogP contribution in [0.3, 0.4) is 0 Å². The molecule has 0 spiro atoms. The molecule has 0 amide bonds. The van der Waals surface area contributed by atoms with Crippen molar-refractivity contribution in [2.24, 2.45) is 0 Å². The second-order valence-electron chi connectivity index (χ2n) is 1.75. The fraction of sp³-hybridized carbons (Fsp3) is 0. The monoisotopic (exact) mass is 297 g/mol. The zero-order valence-electron chi connectivity index (χ0n) is 6.54. The van der Waals surface area contributed by atoms with Crippen LogP contribution in [0.25, 0.3) is 0 Å². The van der Waals surface area contributed by atoms with Crippen LogP contribution < -0.4 is 0 Å². The van der Waals surface area contributed by atoms with Crippen molar-refractivity contribution in [3.05, 3.63) is 34.4 Å². The van der Waals surface area contributed by atoms with E-state index in [1.807, 2.05) is 0 Å². The van der Waals surface area contributed by atoms with Crippen LogP contribution in [0.2, 0.25) is 0 Å². The molecule has 0 bridgehead atoms. The predicted octanol–water partition coefficient (Wildman–Crippen LogP) is 0.471. The Balaban J connectivity index is -0.000000333. The van der Waals surface area contributed by atoms with Crippen molar-refractivity contribution < 1.29 is 66.8 Å². The van der Waals surface area contributed by atoms with Gasteiger partial charge in [0.25, 0.3) is 0 Å². The maximum Gasteiger partial charge on any atom is 0.310 e. The summed E-state index contributed by atoms with van der Waals surface area (Å²) in [6.45, 7) is 0. The van der Waals surface area contributed by atoms with E-state index in [4.69, 9.17) is 5.11 Å². The van der Waals surface area contributed by atoms with E-state index in [0.717, 1.165) is 0 Å². The van der Waals surface area contributed by atoms with E-state index in [9.17, 15) is 10.1 Å². The van der Waals surface area contributed by atoms with Gasteiger partial charge in [0.1, 0.15) is 0 Å². The number of phenols is 1. The zero-order chi connectivity index (χ0) is 7.56. The van der Waals surface area contributed by atoms with E-state index in [-0.39, 0.29) is 68.2 Å². The Labute approximate surface area is 112 Å². The Kier molecular flexibility index (Phi) is 12.5. The fourth-order valence-electron chi connectivity index (χ4n) is 0.619. The number of rotatable bonds is 1. The maximum atomic E-state index is 10.1. The molecule has 3 N–H and O–H groups in total. The third kappa shape index (κ3) is 5.39. The molecule has 0 aliphatic heterocycles. The first-order valence-electron chi connectivity index (χ1n) is 2.64. The molecule has 5 nitrogen and oxygen atoms in total. The number of nitrogens with zero attached hydrogens (tertiary/aromatic N) is 1. The standard InChI is InChI=1S/C6H5NO3.H2O.V.Y/c8-6-4-2-1-3-5(6)7(9)10;;;/h1-4,8H;1H2;;. The quantitative estimate of drug-likeness (QED) is 0.603. The third-order valence-corrected chi connectivity index (χ3v) is 1.08. The van der Waals surface area contributed by atoms with Crippen LogP contribution in [0.1, 0.15) is 0 Å². The van der Waals surface area contributed by atoms with E-state index in [2.05, 4.69) is 0 Å². The molecule has 0 aliphatic carbocycles. The molecule has 13 heavy (non-hydrogen) atoms. The van der Waals surface area contributed by atoms with Gasteiger partial charge in [-0.05, 0) is 6.07 Å². The Morgan fingerprint density at radius 1 is 1.31 bits per heavy atom. The third-order valence-electron chi connectivity index (χ3n) is 1.08. The van der Waals surface area contributed by atoms with Crippen molar-refractivity contribution in [2.75, 3.05) is 0 Å². The summed E-state index contributed by atoms with van der Waals surface area (Å²) in [5, 5.41) is 18.9. The molecule has 1 rings (SSSR count). The molecular formula is C6H7NO4VY. The summed E-state index contributed by atoms with van der Waals surface area (Å²) in [5.74, 6) is -0.299. The van der Waals surface area contributed by atoms with Crippen molar-refractivity contribution in [3.63, 3.8) is 0 Å². The molecule has 1 aromatic rings. The van der Waals surface area contributed by atoms with Gasteiger partial charge in [0, 0.05) is 57.3 Å². The number of aromatic hydroxyl groups is 1. The summed E-state index contributed by atoms with van der Waals surface area (Å²) in [5.41, 5.74) is -0.262. The van der Waals surface area contributed by atoms with Gasteiger partial charge in [-0.15, -0.1) is 0 Å². The van der Waals surface area contributed by atoms with Gasteiger partial charge in [-0.2, -0.15) is 0 Å². The Morgan fingerprint density at radius 2 is 1.77 bits per heavy atom. The Hall–Kier alpha value is 0.0683. The largest absolute Gasteiger partial charge is 0.502 e. The molecule has 0 unspecified atom stereocenters. The Bertz CT molecular complexity index is 271. The van der Waals surface area contributed by atoms with Crippen LogP contribution in [0.5, 0.6) is 5.75 Å². The second kappa shape index (κ2) is 8.66. The SMILES string of the molecule is O.O=[N+]([O-])c1ccccc1O.[V].[Y]. The zero-order valence-corrected chi connectivity index (χ0v) is 10.8. The molecule has 0 aromatic heterocycles. The van der Waals surface area contributed by atoms with E-state index in [0.29, 0.717) is 0 Å². The Morgan fingerprint density at radius 3 is 2.08 bits per heavy atom. The van der Waals surface area contributed by atoms with Crippen LogP contribution in [-0.4, -0.2) is 15.5 Å². The van der Waals surface area contributed by atoms with Crippen molar-refractivity contribution in [1.29, 1.82) is 0 Å². The van der Waals surface area contributed by atoms with Crippen LogP contribution in [-0.2, 0) is 51.3 Å². The minimum absolute atomic E-state index is 0. The van der Waals surface area contributed by atoms with Gasteiger partial charge in [-0.25, -0.2) is 0 Å². The van der Waals surface area contributed by atoms with Crippen LogP contribution >= 0.6 is 0 Å². The van der Waals surface area contributed by atoms with Crippen LogP contribution in [0.15, 0.2) is 24.3 Å². The van der Waals surface area contributed by atoms with Gasteiger partial charge < -0.3 is 10.6 Å². The number of hydrogen-bond donors (Lipinski definition) is 1. The second-order valence-corrected chi connectivity index (χ2v) is 1.75. The van der Waals surface area contributed by atoms with Gasteiger partial charge in [0.05, 0.1) is 4.92 Å². The van der Waals surface area contributed by atoms with Crippen molar-refractivity contribution in [3.8, 4) is 5.75 Å². The first-order valence-corrected chi connectivity index (χ1v) is 2.64. The molecule has 0 fully saturated rings. The molecule has 0 saturated carbocycles. The molecule has 1 aromatic carbocycles. The van der Waals surface area contributed by atoms with Gasteiger partial charge in [0.2, 0.25) is 0 Å². The van der Waals surface area contributed by atoms with Gasteiger partial charge in [-0.1, -0.05) is 12.1 Å². The molecular weight excluding hydrogens is 290 g/mol. The van der Waals surface area contributed by atoms with Crippen LogP contribution in [0.4, 0.5) is 5.69 Å². The van der Waals surface area contributed by atoms with E-state index >= 15 is 0 Å². The molecule has 0 saturated heterocycles. The average molecular weight is 297 g/mol. The number of phenolic OH excluding ortho intramolecular Hbond substituents is 1. The summed E-state index contributed by atoms with van der Waals surface area (Å²) in [6.07, 6.45) is 0. The fourth-order valence-corrected chi connectivity index (χ4v) is 0.619. The number of benzene rings is 1. The minimum Gasteiger partial charge on any atom is -0.502 e. The molecule has 0 aliphatic rings. The topological polar surface area (TPSA) is 94.9 Å². The van der Waals surface area contributed by atoms with E-state index in [1.54, 1.807) is 0 Å². The molecule has 7 heteroatoms. The predicted molar refractivity (Wildman–Crippen MR) is 38.4 cm³/mol. The smallest absolute Gasteiger partial charge is 0.310 e. The van der Waals surface area contributed by atoms with Crippen LogP contribution in [0, 0.1) is 10.1 Å². The molecule has 68 valence electrons. The minimum atomic E-state index is -0.630. The van der Waals surface area contributed by atoms with E-state index < -0.39 is 4.92 Å². The average Bonchev–Trinajstić information content (AvgIpc) is 1.88. The summed E-state index contributed by atoms with van der Waals surface area (Å²) in [7, 11) is 0.